The molecule has 0 heterocycles. The van der Waals surface area contributed by atoms with Crippen LogP contribution >= 0.6 is 0 Å². The van der Waals surface area contributed by atoms with E-state index >= 15 is 0 Å². The van der Waals surface area contributed by atoms with Gasteiger partial charge in [0.1, 0.15) is 5.75 Å². The van der Waals surface area contributed by atoms with Crippen LogP contribution in [0.15, 0.2) is 18.2 Å². The smallest absolute Gasteiger partial charge is 0.122 e. The Labute approximate surface area is 127 Å². The van der Waals surface area contributed by atoms with E-state index in [2.05, 4.69) is 18.2 Å². The van der Waals surface area contributed by atoms with Gasteiger partial charge in [-0.2, -0.15) is 0 Å². The Bertz CT molecular complexity index is 464. The predicted molar refractivity (Wildman–Crippen MR) is 84.4 cm³/mol. The normalized spacial score (nSPS) is 19.5. The Kier molecular flexibility index (Phi) is 4.81. The lowest BCUT2D eigenvalue weighted by molar-refractivity contribution is 0.111. The van der Waals surface area contributed by atoms with Crippen molar-refractivity contribution >= 4 is 0 Å². The molecule has 0 bridgehead atoms. The van der Waals surface area contributed by atoms with Gasteiger partial charge in [-0.25, -0.2) is 0 Å². The van der Waals surface area contributed by atoms with E-state index in [1.165, 1.54) is 36.8 Å². The van der Waals surface area contributed by atoms with Gasteiger partial charge in [0.2, 0.25) is 0 Å². The van der Waals surface area contributed by atoms with Crippen molar-refractivity contribution in [3.05, 3.63) is 29.3 Å². The molecule has 1 atom stereocenters. The molecule has 0 aromatic heterocycles. The van der Waals surface area contributed by atoms with Gasteiger partial charge in [0.05, 0.1) is 13.2 Å². The summed E-state index contributed by atoms with van der Waals surface area (Å²) >= 11 is 0. The topological polar surface area (TPSA) is 44.5 Å². The summed E-state index contributed by atoms with van der Waals surface area (Å²) < 4.78 is 11.8. The Balaban J connectivity index is 1.60. The van der Waals surface area contributed by atoms with Crippen LogP contribution < -0.4 is 10.5 Å². The Morgan fingerprint density at radius 3 is 2.52 bits per heavy atom. The van der Waals surface area contributed by atoms with E-state index in [0.717, 1.165) is 37.2 Å². The SMILES string of the molecule is CC(N)Cc1cc(COCC2CC2)ccc1OCC1CC1. The molecule has 2 N–H and O–H groups in total. The van der Waals surface area contributed by atoms with E-state index < -0.39 is 0 Å². The van der Waals surface area contributed by atoms with Crippen LogP contribution in [-0.2, 0) is 17.8 Å². The first-order valence-electron chi connectivity index (χ1n) is 8.28. The maximum atomic E-state index is 5.97. The van der Waals surface area contributed by atoms with Crippen molar-refractivity contribution in [3.8, 4) is 5.75 Å². The molecular formula is C18H27NO2. The van der Waals surface area contributed by atoms with Crippen LogP contribution in [0.5, 0.6) is 5.75 Å². The first kappa shape index (κ1) is 14.9. The lowest BCUT2D eigenvalue weighted by Crippen LogP contribution is -2.18. The van der Waals surface area contributed by atoms with E-state index in [0.29, 0.717) is 6.61 Å². The van der Waals surface area contributed by atoms with Gasteiger partial charge in [0.25, 0.3) is 0 Å². The molecule has 0 aliphatic heterocycles. The minimum Gasteiger partial charge on any atom is -0.493 e. The second-order valence-corrected chi connectivity index (χ2v) is 6.84. The Morgan fingerprint density at radius 1 is 1.14 bits per heavy atom. The van der Waals surface area contributed by atoms with E-state index in [9.17, 15) is 0 Å². The molecule has 2 aliphatic rings. The predicted octanol–water partition coefficient (Wildman–Crippen LogP) is 3.29. The molecule has 1 aromatic carbocycles. The number of nitrogens with two attached hydrogens (primary N) is 1. The molecule has 116 valence electrons. The Morgan fingerprint density at radius 2 is 1.86 bits per heavy atom. The molecule has 1 unspecified atom stereocenters. The van der Waals surface area contributed by atoms with Crippen LogP contribution in [0.1, 0.15) is 43.7 Å². The van der Waals surface area contributed by atoms with Crippen LogP contribution in [0, 0.1) is 11.8 Å². The maximum Gasteiger partial charge on any atom is 0.122 e. The first-order valence-corrected chi connectivity index (χ1v) is 8.28. The van der Waals surface area contributed by atoms with Gasteiger partial charge in [-0.05, 0) is 74.1 Å². The van der Waals surface area contributed by atoms with E-state index in [4.69, 9.17) is 15.2 Å². The van der Waals surface area contributed by atoms with Gasteiger partial charge in [-0.15, -0.1) is 0 Å². The van der Waals surface area contributed by atoms with Gasteiger partial charge in [-0.3, -0.25) is 0 Å². The van der Waals surface area contributed by atoms with Gasteiger partial charge in [0, 0.05) is 12.6 Å². The Hall–Kier alpha value is -1.06. The second-order valence-electron chi connectivity index (χ2n) is 6.84. The monoisotopic (exact) mass is 289 g/mol. The second kappa shape index (κ2) is 6.80. The van der Waals surface area contributed by atoms with Crippen LogP contribution in [-0.4, -0.2) is 19.3 Å². The van der Waals surface area contributed by atoms with Crippen molar-refractivity contribution in [2.45, 2.75) is 51.7 Å². The number of rotatable bonds is 9. The van der Waals surface area contributed by atoms with Crippen LogP contribution in [0.25, 0.3) is 0 Å². The highest BCUT2D eigenvalue weighted by Gasteiger charge is 2.23. The van der Waals surface area contributed by atoms with Crippen molar-refractivity contribution in [2.75, 3.05) is 13.2 Å². The molecule has 2 fully saturated rings. The van der Waals surface area contributed by atoms with E-state index in [1.807, 2.05) is 6.92 Å². The van der Waals surface area contributed by atoms with E-state index in [1.54, 1.807) is 0 Å². The number of ether oxygens (including phenoxy) is 2. The van der Waals surface area contributed by atoms with Gasteiger partial charge in [-0.1, -0.05) is 6.07 Å². The fourth-order valence-electron chi connectivity index (χ4n) is 2.49. The molecule has 3 heteroatoms. The third-order valence-electron chi connectivity index (χ3n) is 4.16. The summed E-state index contributed by atoms with van der Waals surface area (Å²) in [7, 11) is 0. The zero-order valence-electron chi connectivity index (χ0n) is 13.0. The highest BCUT2D eigenvalue weighted by atomic mass is 16.5. The van der Waals surface area contributed by atoms with Crippen LogP contribution in [0.2, 0.25) is 0 Å². The highest BCUT2D eigenvalue weighted by Crippen LogP contribution is 2.31. The van der Waals surface area contributed by atoms with Gasteiger partial charge >= 0.3 is 0 Å². The molecule has 1 aromatic rings. The summed E-state index contributed by atoms with van der Waals surface area (Å²) in [5.74, 6) is 2.59. The molecule has 0 amide bonds. The third kappa shape index (κ3) is 5.01. The minimum atomic E-state index is 0.149. The fraction of sp³-hybridized carbons (Fsp3) is 0.667. The molecule has 3 rings (SSSR count). The van der Waals surface area contributed by atoms with Crippen molar-refractivity contribution in [1.82, 2.24) is 0 Å². The van der Waals surface area contributed by atoms with Crippen LogP contribution in [0.4, 0.5) is 0 Å². The fourth-order valence-corrected chi connectivity index (χ4v) is 2.49. The molecule has 0 radical (unpaired) electrons. The van der Waals surface area contributed by atoms with Crippen LogP contribution in [0.3, 0.4) is 0 Å². The van der Waals surface area contributed by atoms with Gasteiger partial charge < -0.3 is 15.2 Å². The zero-order valence-corrected chi connectivity index (χ0v) is 13.0. The standard InChI is InChI=1S/C18H27NO2/c1-13(19)8-17-9-16(11-20-10-14-2-3-14)6-7-18(17)21-12-15-4-5-15/h6-7,9,13-15H,2-5,8,10-12,19H2,1H3. The molecule has 2 aliphatic carbocycles. The van der Waals surface area contributed by atoms with Gasteiger partial charge in [0.15, 0.2) is 0 Å². The number of benzene rings is 1. The highest BCUT2D eigenvalue weighted by molar-refractivity contribution is 5.37. The largest absolute Gasteiger partial charge is 0.493 e. The molecule has 21 heavy (non-hydrogen) atoms. The minimum absolute atomic E-state index is 0.149. The van der Waals surface area contributed by atoms with Crippen molar-refractivity contribution in [2.24, 2.45) is 17.6 Å². The third-order valence-corrected chi connectivity index (χ3v) is 4.16. The summed E-state index contributed by atoms with van der Waals surface area (Å²) in [6.45, 7) is 4.50. The average Bonchev–Trinajstić information content (AvgIpc) is 3.32. The first-order chi connectivity index (χ1) is 10.2. The van der Waals surface area contributed by atoms with Crippen molar-refractivity contribution in [3.63, 3.8) is 0 Å². The lowest BCUT2D eigenvalue weighted by atomic mass is 10.0. The molecule has 0 spiro atoms. The molecular weight excluding hydrogens is 262 g/mol. The quantitative estimate of drug-likeness (QED) is 0.758. The summed E-state index contributed by atoms with van der Waals surface area (Å²) in [5.41, 5.74) is 8.42. The zero-order chi connectivity index (χ0) is 14.7. The van der Waals surface area contributed by atoms with E-state index in [-0.39, 0.29) is 6.04 Å². The summed E-state index contributed by atoms with van der Waals surface area (Å²) in [5, 5.41) is 0. The molecule has 3 nitrogen and oxygen atoms in total. The molecule has 2 saturated carbocycles. The van der Waals surface area contributed by atoms with Crippen molar-refractivity contribution < 1.29 is 9.47 Å². The summed E-state index contributed by atoms with van der Waals surface area (Å²) in [4.78, 5) is 0. The number of hydrogen-bond acceptors (Lipinski definition) is 3. The molecule has 0 saturated heterocycles. The maximum absolute atomic E-state index is 5.97. The summed E-state index contributed by atoms with van der Waals surface area (Å²) in [6.07, 6.45) is 6.16. The van der Waals surface area contributed by atoms with Crippen molar-refractivity contribution in [1.29, 1.82) is 0 Å². The average molecular weight is 289 g/mol. The lowest BCUT2D eigenvalue weighted by Gasteiger charge is -2.15. The number of hydrogen-bond donors (Lipinski definition) is 1. The summed E-state index contributed by atoms with van der Waals surface area (Å²) in [6, 6.07) is 6.57.